The minimum Gasteiger partial charge on any atom is -0.284 e. The van der Waals surface area contributed by atoms with E-state index < -0.39 is 6.55 Å². The van der Waals surface area contributed by atoms with Crippen LogP contribution in [0.25, 0.3) is 0 Å². The molecule has 1 aromatic rings. The highest BCUT2D eigenvalue weighted by molar-refractivity contribution is 9.10. The minimum absolute atomic E-state index is 0.205. The highest BCUT2D eigenvalue weighted by Gasteiger charge is 2.04. The first-order valence-corrected chi connectivity index (χ1v) is 3.61. The largest absolute Gasteiger partial charge is 0.320 e. The third kappa shape index (κ3) is 1.86. The van der Waals surface area contributed by atoms with Crippen LogP contribution in [0.15, 0.2) is 22.8 Å². The van der Waals surface area contributed by atoms with Crippen molar-refractivity contribution in [1.82, 2.24) is 4.57 Å². The van der Waals surface area contributed by atoms with Crippen molar-refractivity contribution in [2.24, 2.45) is 0 Å². The third-order valence-corrected chi connectivity index (χ3v) is 1.62. The summed E-state index contributed by atoms with van der Waals surface area (Å²) >= 11 is 3.03. The predicted molar refractivity (Wildman–Crippen MR) is 39.2 cm³/mol. The fourth-order valence-corrected chi connectivity index (χ4v) is 1.00. The summed E-state index contributed by atoms with van der Waals surface area (Å²) in [5.41, 5.74) is -0.205. The van der Waals surface area contributed by atoms with E-state index in [-0.39, 0.29) is 5.49 Å². The van der Waals surface area contributed by atoms with Gasteiger partial charge in [0.2, 0.25) is 0 Å². The quantitative estimate of drug-likeness (QED) is 0.755. The highest BCUT2D eigenvalue weighted by Crippen LogP contribution is 2.10. The molecule has 0 amide bonds. The first kappa shape index (κ1) is 8.39. The second-order valence-corrected chi connectivity index (χ2v) is 2.83. The van der Waals surface area contributed by atoms with Crippen LogP contribution in [0.2, 0.25) is 0 Å². The number of pyridine rings is 1. The number of aromatic nitrogens is 1. The topological polar surface area (TPSA) is 28.8 Å². The maximum Gasteiger partial charge on any atom is 0.320 e. The van der Waals surface area contributed by atoms with Gasteiger partial charge in [-0.05, 0) is 28.1 Å². The van der Waals surface area contributed by atoms with Crippen molar-refractivity contribution < 1.29 is 8.78 Å². The molecule has 1 aromatic heterocycles. The smallest absolute Gasteiger partial charge is 0.284 e. The molecule has 0 aliphatic rings. The summed E-state index contributed by atoms with van der Waals surface area (Å²) in [7, 11) is 0. The average molecular weight is 223 g/mol. The predicted octanol–water partition coefficient (Wildman–Crippen LogP) is 2.13. The Morgan fingerprint density at radius 1 is 1.45 bits per heavy atom. The van der Waals surface area contributed by atoms with Crippen LogP contribution >= 0.6 is 15.9 Å². The molecule has 0 bridgehead atoms. The van der Waals surface area contributed by atoms with Gasteiger partial charge >= 0.3 is 6.55 Å². The summed E-state index contributed by atoms with van der Waals surface area (Å²) in [5, 5.41) is 7.06. The van der Waals surface area contributed by atoms with Gasteiger partial charge in [0.25, 0.3) is 0 Å². The van der Waals surface area contributed by atoms with Crippen LogP contribution < -0.4 is 5.49 Å². The summed E-state index contributed by atoms with van der Waals surface area (Å²) in [4.78, 5) is 0. The lowest BCUT2D eigenvalue weighted by Gasteiger charge is -2.04. The van der Waals surface area contributed by atoms with Gasteiger partial charge < -0.3 is 0 Å². The molecule has 1 N–H and O–H groups in total. The Bertz CT molecular complexity index is 308. The minimum atomic E-state index is -2.65. The lowest BCUT2D eigenvalue weighted by molar-refractivity contribution is 0.0647. The molecule has 2 nitrogen and oxygen atoms in total. The summed E-state index contributed by atoms with van der Waals surface area (Å²) < 4.78 is 25.2. The summed E-state index contributed by atoms with van der Waals surface area (Å²) in [6.07, 6.45) is 1.17. The molecule has 0 atom stereocenters. The molecule has 1 rings (SSSR count). The molecule has 0 radical (unpaired) electrons. The van der Waals surface area contributed by atoms with Crippen LogP contribution in [0.5, 0.6) is 0 Å². The lowest BCUT2D eigenvalue weighted by atomic mass is 10.5. The first-order chi connectivity index (χ1) is 5.11. The normalized spacial score (nSPS) is 10.5. The second kappa shape index (κ2) is 3.13. The number of nitrogens with one attached hydrogen (secondary N) is 1. The Balaban J connectivity index is 3.24. The molecule has 1 heterocycles. The first-order valence-electron chi connectivity index (χ1n) is 2.81. The molecular formula is C6H5BrF2N2. The van der Waals surface area contributed by atoms with Crippen LogP contribution in [0.1, 0.15) is 6.55 Å². The summed E-state index contributed by atoms with van der Waals surface area (Å²) in [6, 6.07) is 2.84. The van der Waals surface area contributed by atoms with Gasteiger partial charge in [-0.1, -0.05) is 0 Å². The third-order valence-electron chi connectivity index (χ3n) is 1.15. The molecule has 60 valence electrons. The van der Waals surface area contributed by atoms with Crippen LogP contribution in [0.3, 0.4) is 0 Å². The molecule has 11 heavy (non-hydrogen) atoms. The second-order valence-electron chi connectivity index (χ2n) is 1.92. The van der Waals surface area contributed by atoms with Gasteiger partial charge in [-0.2, -0.15) is 8.78 Å². The van der Waals surface area contributed by atoms with E-state index in [4.69, 9.17) is 5.41 Å². The van der Waals surface area contributed by atoms with Gasteiger partial charge in [0.15, 0.2) is 0 Å². The van der Waals surface area contributed by atoms with Crippen molar-refractivity contribution in [3.63, 3.8) is 0 Å². The zero-order chi connectivity index (χ0) is 8.43. The highest BCUT2D eigenvalue weighted by atomic mass is 79.9. The lowest BCUT2D eigenvalue weighted by Crippen LogP contribution is -2.18. The van der Waals surface area contributed by atoms with E-state index >= 15 is 0 Å². The molecule has 0 aliphatic carbocycles. The number of nitrogens with zero attached hydrogens (tertiary/aromatic N) is 1. The fraction of sp³-hybridized carbons (Fsp3) is 0.167. The van der Waals surface area contributed by atoms with E-state index in [2.05, 4.69) is 15.9 Å². The van der Waals surface area contributed by atoms with E-state index in [0.29, 0.717) is 9.04 Å². The molecule has 0 aromatic carbocycles. The number of rotatable bonds is 1. The van der Waals surface area contributed by atoms with Crippen LogP contribution in [-0.4, -0.2) is 4.57 Å². The SMILES string of the molecule is N=c1ccc(Br)cn1C(F)F. The van der Waals surface area contributed by atoms with Crippen molar-refractivity contribution in [2.45, 2.75) is 6.55 Å². The van der Waals surface area contributed by atoms with E-state index in [0.717, 1.165) is 0 Å². The van der Waals surface area contributed by atoms with Gasteiger partial charge in [-0.3, -0.25) is 9.98 Å². The zero-order valence-corrected chi connectivity index (χ0v) is 6.98. The van der Waals surface area contributed by atoms with E-state index in [9.17, 15) is 8.78 Å². The average Bonchev–Trinajstić information content (AvgIpc) is 1.94. The molecule has 0 aliphatic heterocycles. The Hall–Kier alpha value is -0.710. The van der Waals surface area contributed by atoms with Crippen LogP contribution in [-0.2, 0) is 0 Å². The Morgan fingerprint density at radius 2 is 2.09 bits per heavy atom. The van der Waals surface area contributed by atoms with Gasteiger partial charge in [0, 0.05) is 10.7 Å². The Labute approximate surface area is 70.1 Å². The Morgan fingerprint density at radius 3 is 2.55 bits per heavy atom. The van der Waals surface area contributed by atoms with Gasteiger partial charge in [-0.15, -0.1) is 0 Å². The van der Waals surface area contributed by atoms with Crippen molar-refractivity contribution >= 4 is 15.9 Å². The molecule has 0 saturated carbocycles. The van der Waals surface area contributed by atoms with Crippen molar-refractivity contribution in [3.05, 3.63) is 28.3 Å². The number of halogens is 3. The standard InChI is InChI=1S/C6H5BrF2N2/c7-4-1-2-5(10)11(3-4)6(8)9/h1-3,6,10H. The number of hydrogen-bond acceptors (Lipinski definition) is 1. The number of alkyl halides is 2. The van der Waals surface area contributed by atoms with Crippen molar-refractivity contribution in [3.8, 4) is 0 Å². The maximum atomic E-state index is 12.0. The van der Waals surface area contributed by atoms with Gasteiger partial charge in [0.05, 0.1) is 0 Å². The van der Waals surface area contributed by atoms with E-state index in [1.807, 2.05) is 0 Å². The van der Waals surface area contributed by atoms with Crippen molar-refractivity contribution in [2.75, 3.05) is 0 Å². The number of hydrogen-bond donors (Lipinski definition) is 1. The van der Waals surface area contributed by atoms with Gasteiger partial charge in [0.1, 0.15) is 5.49 Å². The molecular weight excluding hydrogens is 218 g/mol. The fourth-order valence-electron chi connectivity index (χ4n) is 0.652. The van der Waals surface area contributed by atoms with Crippen LogP contribution in [0.4, 0.5) is 8.78 Å². The van der Waals surface area contributed by atoms with Gasteiger partial charge in [-0.25, -0.2) is 0 Å². The molecule has 0 saturated heterocycles. The summed E-state index contributed by atoms with van der Waals surface area (Å²) in [6.45, 7) is -2.65. The van der Waals surface area contributed by atoms with E-state index in [1.165, 1.54) is 12.3 Å². The zero-order valence-electron chi connectivity index (χ0n) is 5.39. The summed E-state index contributed by atoms with van der Waals surface area (Å²) in [5.74, 6) is 0. The van der Waals surface area contributed by atoms with E-state index in [1.54, 1.807) is 6.07 Å². The molecule has 0 unspecified atom stereocenters. The molecule has 0 fully saturated rings. The molecule has 5 heteroatoms. The van der Waals surface area contributed by atoms with Crippen LogP contribution in [0, 0.1) is 5.41 Å². The van der Waals surface area contributed by atoms with Crippen molar-refractivity contribution in [1.29, 1.82) is 5.41 Å². The maximum absolute atomic E-state index is 12.0. The molecule has 0 spiro atoms. The Kier molecular flexibility index (Phi) is 2.38. The monoisotopic (exact) mass is 222 g/mol.